The third-order valence-electron chi connectivity index (χ3n) is 2.09. The van der Waals surface area contributed by atoms with E-state index in [0.717, 1.165) is 42.9 Å². The number of halogens is 1. The summed E-state index contributed by atoms with van der Waals surface area (Å²) in [5.74, 6) is 1.70. The first-order valence-corrected chi connectivity index (χ1v) is 6.88. The first-order chi connectivity index (χ1) is 7.81. The Morgan fingerprint density at radius 1 is 1.00 bits per heavy atom. The van der Waals surface area contributed by atoms with E-state index in [4.69, 9.17) is 9.47 Å². The zero-order valence-corrected chi connectivity index (χ0v) is 11.5. The van der Waals surface area contributed by atoms with Gasteiger partial charge in [-0.05, 0) is 30.5 Å². The highest BCUT2D eigenvalue weighted by molar-refractivity contribution is 9.08. The van der Waals surface area contributed by atoms with Crippen LogP contribution < -0.4 is 9.47 Å². The average molecular weight is 287 g/mol. The molecular formula is C13H19BrO2. The fraction of sp³-hybridized carbons (Fsp3) is 0.538. The molecule has 1 rings (SSSR count). The van der Waals surface area contributed by atoms with E-state index in [0.29, 0.717) is 0 Å². The molecule has 0 amide bonds. The number of hydrogen-bond acceptors (Lipinski definition) is 2. The summed E-state index contributed by atoms with van der Waals surface area (Å²) in [5, 5.41) is 0.837. The lowest BCUT2D eigenvalue weighted by Gasteiger charge is -2.12. The molecule has 0 saturated heterocycles. The molecule has 0 bridgehead atoms. The zero-order valence-electron chi connectivity index (χ0n) is 9.96. The Morgan fingerprint density at radius 2 is 1.62 bits per heavy atom. The minimum Gasteiger partial charge on any atom is -0.490 e. The molecule has 0 aliphatic rings. The monoisotopic (exact) mass is 286 g/mol. The van der Waals surface area contributed by atoms with Crippen molar-refractivity contribution in [2.75, 3.05) is 13.2 Å². The summed E-state index contributed by atoms with van der Waals surface area (Å²) >= 11 is 3.44. The van der Waals surface area contributed by atoms with Crippen LogP contribution in [0.3, 0.4) is 0 Å². The number of alkyl halides is 1. The number of hydrogen-bond donors (Lipinski definition) is 0. The molecule has 1 aromatic carbocycles. The lowest BCUT2D eigenvalue weighted by Crippen LogP contribution is -2.01. The van der Waals surface area contributed by atoms with Crippen LogP contribution in [-0.4, -0.2) is 13.2 Å². The van der Waals surface area contributed by atoms with Crippen LogP contribution in [0.5, 0.6) is 11.5 Å². The van der Waals surface area contributed by atoms with Crippen LogP contribution in [0.1, 0.15) is 32.3 Å². The average Bonchev–Trinajstić information content (AvgIpc) is 2.34. The largest absolute Gasteiger partial charge is 0.490 e. The number of ether oxygens (including phenoxy) is 2. The third-order valence-corrected chi connectivity index (χ3v) is 2.73. The summed E-state index contributed by atoms with van der Waals surface area (Å²) < 4.78 is 11.3. The molecule has 0 saturated carbocycles. The van der Waals surface area contributed by atoms with Gasteiger partial charge in [0.1, 0.15) is 0 Å². The molecule has 0 spiro atoms. The van der Waals surface area contributed by atoms with Crippen LogP contribution in [0.15, 0.2) is 18.2 Å². The van der Waals surface area contributed by atoms with E-state index >= 15 is 0 Å². The van der Waals surface area contributed by atoms with Gasteiger partial charge in [-0.1, -0.05) is 35.8 Å². The maximum atomic E-state index is 5.68. The SMILES string of the molecule is CCCOc1ccc(CBr)cc1OCCC. The van der Waals surface area contributed by atoms with Crippen molar-refractivity contribution in [3.63, 3.8) is 0 Å². The lowest BCUT2D eigenvalue weighted by molar-refractivity contribution is 0.268. The third kappa shape index (κ3) is 4.05. The number of rotatable bonds is 7. The Balaban J connectivity index is 2.78. The lowest BCUT2D eigenvalue weighted by atomic mass is 10.2. The molecule has 90 valence electrons. The Kier molecular flexibility index (Phi) is 6.31. The second kappa shape index (κ2) is 7.55. The standard InChI is InChI=1S/C13H19BrO2/c1-3-7-15-12-6-5-11(10-14)9-13(12)16-8-4-2/h5-6,9H,3-4,7-8,10H2,1-2H3. The summed E-state index contributed by atoms with van der Waals surface area (Å²) in [4.78, 5) is 0. The van der Waals surface area contributed by atoms with Crippen molar-refractivity contribution in [1.29, 1.82) is 0 Å². The fourth-order valence-electron chi connectivity index (χ4n) is 1.29. The first-order valence-electron chi connectivity index (χ1n) is 5.76. The molecule has 0 aliphatic heterocycles. The molecule has 0 atom stereocenters. The summed E-state index contributed by atoms with van der Waals surface area (Å²) in [6, 6.07) is 6.07. The van der Waals surface area contributed by atoms with Gasteiger partial charge in [0.05, 0.1) is 13.2 Å². The predicted molar refractivity (Wildman–Crippen MR) is 70.6 cm³/mol. The highest BCUT2D eigenvalue weighted by Crippen LogP contribution is 2.29. The summed E-state index contributed by atoms with van der Waals surface area (Å²) in [6.45, 7) is 5.66. The Bertz CT molecular complexity index is 313. The van der Waals surface area contributed by atoms with E-state index in [1.165, 1.54) is 5.56 Å². The van der Waals surface area contributed by atoms with Crippen LogP contribution in [0.4, 0.5) is 0 Å². The molecule has 0 unspecified atom stereocenters. The maximum Gasteiger partial charge on any atom is 0.161 e. The minimum atomic E-state index is 0.730. The van der Waals surface area contributed by atoms with Crippen molar-refractivity contribution in [2.24, 2.45) is 0 Å². The van der Waals surface area contributed by atoms with Crippen molar-refractivity contribution < 1.29 is 9.47 Å². The van der Waals surface area contributed by atoms with Crippen LogP contribution in [0.25, 0.3) is 0 Å². The highest BCUT2D eigenvalue weighted by atomic mass is 79.9. The normalized spacial score (nSPS) is 10.2. The van der Waals surface area contributed by atoms with Gasteiger partial charge >= 0.3 is 0 Å². The van der Waals surface area contributed by atoms with Gasteiger partial charge in [-0.3, -0.25) is 0 Å². The summed E-state index contributed by atoms with van der Waals surface area (Å²) in [5.41, 5.74) is 1.20. The maximum absolute atomic E-state index is 5.68. The molecular weight excluding hydrogens is 268 g/mol. The van der Waals surface area contributed by atoms with Crippen LogP contribution in [-0.2, 0) is 5.33 Å². The topological polar surface area (TPSA) is 18.5 Å². The predicted octanol–water partition coefficient (Wildman–Crippen LogP) is 4.16. The Labute approximate surface area is 106 Å². The van der Waals surface area contributed by atoms with Gasteiger partial charge in [0.2, 0.25) is 0 Å². The van der Waals surface area contributed by atoms with E-state index in [1.54, 1.807) is 0 Å². The molecule has 0 radical (unpaired) electrons. The molecule has 3 heteroatoms. The van der Waals surface area contributed by atoms with Gasteiger partial charge in [-0.25, -0.2) is 0 Å². The molecule has 2 nitrogen and oxygen atoms in total. The van der Waals surface area contributed by atoms with Gasteiger partial charge in [0.15, 0.2) is 11.5 Å². The zero-order chi connectivity index (χ0) is 11.8. The van der Waals surface area contributed by atoms with Crippen LogP contribution in [0, 0.1) is 0 Å². The summed E-state index contributed by atoms with van der Waals surface area (Å²) in [6.07, 6.45) is 2.01. The summed E-state index contributed by atoms with van der Waals surface area (Å²) in [7, 11) is 0. The Hall–Kier alpha value is -0.700. The van der Waals surface area contributed by atoms with Gasteiger partial charge < -0.3 is 9.47 Å². The number of benzene rings is 1. The van der Waals surface area contributed by atoms with E-state index in [1.807, 2.05) is 12.1 Å². The quantitative estimate of drug-likeness (QED) is 0.701. The molecule has 0 N–H and O–H groups in total. The molecule has 16 heavy (non-hydrogen) atoms. The van der Waals surface area contributed by atoms with E-state index in [9.17, 15) is 0 Å². The van der Waals surface area contributed by atoms with Crippen molar-refractivity contribution in [1.82, 2.24) is 0 Å². The molecule has 0 aliphatic carbocycles. The van der Waals surface area contributed by atoms with E-state index in [-0.39, 0.29) is 0 Å². The highest BCUT2D eigenvalue weighted by Gasteiger charge is 2.05. The van der Waals surface area contributed by atoms with Crippen molar-refractivity contribution >= 4 is 15.9 Å². The molecule has 0 heterocycles. The van der Waals surface area contributed by atoms with Gasteiger partial charge in [-0.15, -0.1) is 0 Å². The second-order valence-corrected chi connectivity index (χ2v) is 4.17. The first kappa shape index (κ1) is 13.4. The van der Waals surface area contributed by atoms with Gasteiger partial charge in [-0.2, -0.15) is 0 Å². The molecule has 1 aromatic rings. The Morgan fingerprint density at radius 3 is 2.19 bits per heavy atom. The van der Waals surface area contributed by atoms with Crippen molar-refractivity contribution in [2.45, 2.75) is 32.0 Å². The van der Waals surface area contributed by atoms with Gasteiger partial charge in [0.25, 0.3) is 0 Å². The second-order valence-electron chi connectivity index (χ2n) is 3.61. The van der Waals surface area contributed by atoms with Crippen molar-refractivity contribution in [3.8, 4) is 11.5 Å². The van der Waals surface area contributed by atoms with E-state index < -0.39 is 0 Å². The van der Waals surface area contributed by atoms with Gasteiger partial charge in [0, 0.05) is 5.33 Å². The molecule has 0 aromatic heterocycles. The van der Waals surface area contributed by atoms with Crippen LogP contribution in [0.2, 0.25) is 0 Å². The van der Waals surface area contributed by atoms with Crippen LogP contribution >= 0.6 is 15.9 Å². The molecule has 0 fully saturated rings. The van der Waals surface area contributed by atoms with E-state index in [2.05, 4.69) is 35.8 Å². The smallest absolute Gasteiger partial charge is 0.161 e. The minimum absolute atomic E-state index is 0.730. The van der Waals surface area contributed by atoms with Crippen molar-refractivity contribution in [3.05, 3.63) is 23.8 Å². The fourth-order valence-corrected chi connectivity index (χ4v) is 1.64.